The van der Waals surface area contributed by atoms with E-state index in [0.29, 0.717) is 0 Å². The number of nitrogens with zero attached hydrogens (tertiary/aromatic N) is 1. The Morgan fingerprint density at radius 2 is 1.67 bits per heavy atom. The van der Waals surface area contributed by atoms with E-state index in [-0.39, 0.29) is 5.84 Å². The quantitative estimate of drug-likeness (QED) is 0.661. The highest BCUT2D eigenvalue weighted by atomic mass is 79.9. The average Bonchev–Trinajstić information content (AvgIpc) is 2.38. The fourth-order valence-corrected chi connectivity index (χ4v) is 1.69. The van der Waals surface area contributed by atoms with E-state index in [1.165, 1.54) is 0 Å². The summed E-state index contributed by atoms with van der Waals surface area (Å²) in [5.74, 6) is 0.0754. The van der Waals surface area contributed by atoms with Gasteiger partial charge in [0.2, 0.25) is 0 Å². The first-order chi connectivity index (χ1) is 8.65. The molecule has 0 aliphatic carbocycles. The molecule has 0 amide bonds. The van der Waals surface area contributed by atoms with Crippen molar-refractivity contribution in [3.05, 3.63) is 64.1 Å². The number of nitrogen functional groups attached to an aromatic ring is 1. The number of aliphatic imine (C=N–C) groups is 1. The summed E-state index contributed by atoms with van der Waals surface area (Å²) in [6.07, 6.45) is 1.78. The molecule has 0 bridgehead atoms. The van der Waals surface area contributed by atoms with Crippen molar-refractivity contribution in [2.24, 2.45) is 10.7 Å². The minimum Gasteiger partial charge on any atom is -0.384 e. The van der Waals surface area contributed by atoms with Gasteiger partial charge in [-0.1, -0.05) is 40.2 Å². The third-order valence-corrected chi connectivity index (χ3v) is 2.94. The molecule has 2 aromatic carbocycles. The van der Waals surface area contributed by atoms with E-state index in [0.717, 1.165) is 21.3 Å². The average molecular weight is 302 g/mol. The molecule has 2 rings (SSSR count). The third kappa shape index (κ3) is 3.28. The van der Waals surface area contributed by atoms with Gasteiger partial charge in [-0.05, 0) is 29.8 Å². The second kappa shape index (κ2) is 5.60. The number of nitrogens with two attached hydrogens (primary N) is 1. The Kier molecular flexibility index (Phi) is 3.89. The minimum atomic E-state index is 0.0754. The van der Waals surface area contributed by atoms with Crippen LogP contribution in [-0.4, -0.2) is 12.1 Å². The number of hydrogen-bond donors (Lipinski definition) is 2. The Hall–Kier alpha value is -1.94. The Labute approximate surface area is 114 Å². The van der Waals surface area contributed by atoms with E-state index in [9.17, 15) is 0 Å². The first-order valence-corrected chi connectivity index (χ1v) is 6.18. The molecule has 0 saturated heterocycles. The molecule has 0 atom stereocenters. The zero-order valence-electron chi connectivity index (χ0n) is 9.60. The zero-order chi connectivity index (χ0) is 13.0. The van der Waals surface area contributed by atoms with Gasteiger partial charge in [-0.3, -0.25) is 10.4 Å². The topological polar surface area (TPSA) is 62.2 Å². The van der Waals surface area contributed by atoms with Crippen LogP contribution in [0, 0.1) is 5.41 Å². The maximum Gasteiger partial charge on any atom is 0.122 e. The van der Waals surface area contributed by atoms with Crippen LogP contribution in [0.4, 0.5) is 5.69 Å². The number of hydrogen-bond acceptors (Lipinski definition) is 2. The predicted octanol–water partition coefficient (Wildman–Crippen LogP) is 3.48. The van der Waals surface area contributed by atoms with E-state index in [1.54, 1.807) is 6.21 Å². The van der Waals surface area contributed by atoms with E-state index < -0.39 is 0 Å². The Balaban J connectivity index is 2.13. The third-order valence-electron chi connectivity index (χ3n) is 2.41. The number of halogens is 1. The van der Waals surface area contributed by atoms with Crippen molar-refractivity contribution < 1.29 is 0 Å². The number of amidine groups is 1. The SMILES string of the molecule is N=C(N)c1ccc(C=Nc2ccc(Br)cc2)cc1. The summed E-state index contributed by atoms with van der Waals surface area (Å²) in [7, 11) is 0. The van der Waals surface area contributed by atoms with E-state index in [1.807, 2.05) is 48.5 Å². The van der Waals surface area contributed by atoms with Crippen LogP contribution in [0.3, 0.4) is 0 Å². The summed E-state index contributed by atoms with van der Waals surface area (Å²) in [6.45, 7) is 0. The molecule has 2 aromatic rings. The molecule has 0 unspecified atom stereocenters. The lowest BCUT2D eigenvalue weighted by Crippen LogP contribution is -2.10. The highest BCUT2D eigenvalue weighted by Gasteiger charge is 1.95. The maximum atomic E-state index is 7.30. The van der Waals surface area contributed by atoms with Gasteiger partial charge in [0.25, 0.3) is 0 Å². The second-order valence-electron chi connectivity index (χ2n) is 3.77. The van der Waals surface area contributed by atoms with E-state index in [4.69, 9.17) is 11.1 Å². The summed E-state index contributed by atoms with van der Waals surface area (Å²) >= 11 is 3.38. The van der Waals surface area contributed by atoms with E-state index in [2.05, 4.69) is 20.9 Å². The van der Waals surface area contributed by atoms with Gasteiger partial charge in [-0.15, -0.1) is 0 Å². The van der Waals surface area contributed by atoms with Gasteiger partial charge in [0, 0.05) is 16.3 Å². The lowest BCUT2D eigenvalue weighted by atomic mass is 10.1. The van der Waals surface area contributed by atoms with Crippen LogP contribution < -0.4 is 5.73 Å². The van der Waals surface area contributed by atoms with Crippen LogP contribution in [-0.2, 0) is 0 Å². The number of benzene rings is 2. The summed E-state index contributed by atoms with van der Waals surface area (Å²) < 4.78 is 1.03. The molecular formula is C14H12BrN3. The van der Waals surface area contributed by atoms with Crippen molar-refractivity contribution >= 4 is 33.7 Å². The highest BCUT2D eigenvalue weighted by Crippen LogP contribution is 2.16. The summed E-state index contributed by atoms with van der Waals surface area (Å²) in [5, 5.41) is 7.30. The van der Waals surface area contributed by atoms with Crippen LogP contribution in [0.25, 0.3) is 0 Å². The summed E-state index contributed by atoms with van der Waals surface area (Å²) in [4.78, 5) is 4.36. The Morgan fingerprint density at radius 1 is 1.06 bits per heavy atom. The lowest BCUT2D eigenvalue weighted by molar-refractivity contribution is 1.42. The van der Waals surface area contributed by atoms with Gasteiger partial charge in [-0.2, -0.15) is 0 Å². The molecule has 90 valence electrons. The van der Waals surface area contributed by atoms with Crippen molar-refractivity contribution in [2.45, 2.75) is 0 Å². The summed E-state index contributed by atoms with van der Waals surface area (Å²) in [6, 6.07) is 15.2. The molecule has 0 aliphatic heterocycles. The molecule has 0 aromatic heterocycles. The smallest absolute Gasteiger partial charge is 0.122 e. The normalized spacial score (nSPS) is 10.7. The van der Waals surface area contributed by atoms with Gasteiger partial charge in [-0.25, -0.2) is 0 Å². The van der Waals surface area contributed by atoms with Crippen LogP contribution >= 0.6 is 15.9 Å². The number of nitrogens with one attached hydrogen (secondary N) is 1. The molecule has 3 N–H and O–H groups in total. The monoisotopic (exact) mass is 301 g/mol. The fraction of sp³-hybridized carbons (Fsp3) is 0. The van der Waals surface area contributed by atoms with Gasteiger partial charge in [0.05, 0.1) is 5.69 Å². The molecule has 0 spiro atoms. The van der Waals surface area contributed by atoms with Gasteiger partial charge in [0.15, 0.2) is 0 Å². The summed E-state index contributed by atoms with van der Waals surface area (Å²) in [5.41, 5.74) is 7.98. The largest absolute Gasteiger partial charge is 0.384 e. The van der Waals surface area contributed by atoms with Crippen molar-refractivity contribution in [3.63, 3.8) is 0 Å². The molecule has 0 heterocycles. The Morgan fingerprint density at radius 3 is 2.22 bits per heavy atom. The second-order valence-corrected chi connectivity index (χ2v) is 4.69. The molecule has 4 heteroatoms. The maximum absolute atomic E-state index is 7.30. The van der Waals surface area contributed by atoms with Crippen LogP contribution in [0.2, 0.25) is 0 Å². The predicted molar refractivity (Wildman–Crippen MR) is 78.9 cm³/mol. The molecule has 18 heavy (non-hydrogen) atoms. The van der Waals surface area contributed by atoms with Gasteiger partial charge >= 0.3 is 0 Å². The molecular weight excluding hydrogens is 290 g/mol. The van der Waals surface area contributed by atoms with Crippen molar-refractivity contribution in [1.29, 1.82) is 5.41 Å². The molecule has 0 aliphatic rings. The fourth-order valence-electron chi connectivity index (χ4n) is 1.42. The first-order valence-electron chi connectivity index (χ1n) is 5.39. The van der Waals surface area contributed by atoms with Gasteiger partial charge in [0.1, 0.15) is 5.84 Å². The molecule has 3 nitrogen and oxygen atoms in total. The minimum absolute atomic E-state index is 0.0754. The Bertz CT molecular complexity index is 571. The van der Waals surface area contributed by atoms with Crippen LogP contribution in [0.1, 0.15) is 11.1 Å². The van der Waals surface area contributed by atoms with Gasteiger partial charge < -0.3 is 5.73 Å². The lowest BCUT2D eigenvalue weighted by Gasteiger charge is -1.98. The number of rotatable bonds is 3. The van der Waals surface area contributed by atoms with Crippen molar-refractivity contribution in [1.82, 2.24) is 0 Å². The van der Waals surface area contributed by atoms with Crippen LogP contribution in [0.5, 0.6) is 0 Å². The van der Waals surface area contributed by atoms with Crippen molar-refractivity contribution in [2.75, 3.05) is 0 Å². The molecule has 0 fully saturated rings. The van der Waals surface area contributed by atoms with Crippen molar-refractivity contribution in [3.8, 4) is 0 Å². The zero-order valence-corrected chi connectivity index (χ0v) is 11.2. The highest BCUT2D eigenvalue weighted by molar-refractivity contribution is 9.10. The van der Waals surface area contributed by atoms with E-state index >= 15 is 0 Å². The standard InChI is InChI=1S/C14H12BrN3/c15-12-5-7-13(8-6-12)18-9-10-1-3-11(4-2-10)14(16)17/h1-9H,(H3,16,17). The first kappa shape index (κ1) is 12.5. The molecule has 0 saturated carbocycles. The van der Waals surface area contributed by atoms with Crippen LogP contribution in [0.15, 0.2) is 58.0 Å². The molecule has 0 radical (unpaired) electrons.